The fourth-order valence-corrected chi connectivity index (χ4v) is 6.38. The number of amides is 2. The topological polar surface area (TPSA) is 83.5 Å². The van der Waals surface area contributed by atoms with Gasteiger partial charge in [0.05, 0.1) is 26.3 Å². The molecule has 1 N–H and O–H groups in total. The average molecular weight is 544 g/mol. The van der Waals surface area contributed by atoms with Gasteiger partial charge in [-0.05, 0) is 68.0 Å². The third-order valence-electron chi connectivity index (χ3n) is 6.49. The molecule has 2 aliphatic rings. The van der Waals surface area contributed by atoms with Crippen LogP contribution in [0, 0.1) is 11.8 Å². The Morgan fingerprint density at radius 2 is 1.74 bits per heavy atom. The van der Waals surface area contributed by atoms with Crippen LogP contribution in [0.5, 0.6) is 0 Å². The smallest absolute Gasteiger partial charge is 0.230 e. The van der Waals surface area contributed by atoms with Gasteiger partial charge in [-0.15, -0.1) is 0 Å². The zero-order chi connectivity index (χ0) is 24.6. The first-order valence-corrected chi connectivity index (χ1v) is 14.2. The predicted octanol–water partition coefficient (Wildman–Crippen LogP) is 5.77. The molecule has 1 fully saturated rings. The van der Waals surface area contributed by atoms with E-state index < -0.39 is 9.84 Å². The lowest BCUT2D eigenvalue weighted by atomic mass is 9.80. The van der Waals surface area contributed by atoms with Crippen LogP contribution in [0.1, 0.15) is 37.7 Å². The Balaban J connectivity index is 1.47. The summed E-state index contributed by atoms with van der Waals surface area (Å²) in [4.78, 5) is 28.3. The molecule has 2 amide bonds. The number of fused-ring (bicyclic) bond motifs is 1. The number of benzene rings is 2. The minimum absolute atomic E-state index is 0.0155. The molecule has 1 aliphatic heterocycles. The Morgan fingerprint density at radius 3 is 2.44 bits per heavy atom. The van der Waals surface area contributed by atoms with Crippen LogP contribution in [-0.2, 0) is 25.8 Å². The molecule has 6 nitrogen and oxygen atoms in total. The fraction of sp³-hybridized carbons (Fsp3) is 0.417. The van der Waals surface area contributed by atoms with Crippen LogP contribution in [-0.4, -0.2) is 33.0 Å². The summed E-state index contributed by atoms with van der Waals surface area (Å²) in [5, 5.41) is 3.97. The second kappa shape index (κ2) is 10.1. The molecule has 1 aliphatic carbocycles. The molecular weight excluding hydrogens is 519 g/mol. The van der Waals surface area contributed by atoms with E-state index >= 15 is 0 Å². The van der Waals surface area contributed by atoms with Crippen LogP contribution >= 0.6 is 34.8 Å². The molecular formula is C24H25Cl3N2O4S. The van der Waals surface area contributed by atoms with Crippen molar-refractivity contribution in [2.24, 2.45) is 11.8 Å². The molecule has 0 bridgehead atoms. The number of nitrogens with zero attached hydrogens (tertiary/aromatic N) is 1. The summed E-state index contributed by atoms with van der Waals surface area (Å²) in [6, 6.07) is 7.73. The normalized spacial score (nSPS) is 20.5. The van der Waals surface area contributed by atoms with Crippen LogP contribution in [0.15, 0.2) is 35.2 Å². The van der Waals surface area contributed by atoms with Crippen molar-refractivity contribution in [1.82, 2.24) is 0 Å². The number of anilines is 2. The van der Waals surface area contributed by atoms with E-state index in [1.165, 1.54) is 18.2 Å². The Bertz CT molecular complexity index is 1250. The van der Waals surface area contributed by atoms with Crippen molar-refractivity contribution in [2.75, 3.05) is 23.0 Å². The van der Waals surface area contributed by atoms with Gasteiger partial charge in [0, 0.05) is 29.7 Å². The van der Waals surface area contributed by atoms with Crippen LogP contribution in [0.4, 0.5) is 11.4 Å². The SMILES string of the molecule is CS(=O)(=O)c1ccc(NC(=O)C2CCCC(C(=O)N3CCCc4cc(Cl)cc(Cl)c43)C2)c(Cl)c1. The lowest BCUT2D eigenvalue weighted by Crippen LogP contribution is -2.42. The number of sulfone groups is 1. The maximum atomic E-state index is 13.5. The zero-order valence-electron chi connectivity index (χ0n) is 18.6. The fourth-order valence-electron chi connectivity index (χ4n) is 4.81. The van der Waals surface area contributed by atoms with Crippen molar-refractivity contribution >= 4 is 67.8 Å². The molecule has 4 rings (SSSR count). The highest BCUT2D eigenvalue weighted by Gasteiger charge is 2.36. The monoisotopic (exact) mass is 542 g/mol. The first-order valence-electron chi connectivity index (χ1n) is 11.1. The Labute approximate surface area is 214 Å². The molecule has 34 heavy (non-hydrogen) atoms. The predicted molar refractivity (Wildman–Crippen MR) is 136 cm³/mol. The number of carbonyl (C=O) groups excluding carboxylic acids is 2. The minimum atomic E-state index is -3.40. The van der Waals surface area contributed by atoms with Crippen molar-refractivity contribution < 1.29 is 18.0 Å². The quantitative estimate of drug-likeness (QED) is 0.530. The molecule has 2 aromatic carbocycles. The van der Waals surface area contributed by atoms with Crippen LogP contribution < -0.4 is 10.2 Å². The molecule has 2 atom stereocenters. The molecule has 10 heteroatoms. The third kappa shape index (κ3) is 5.38. The van der Waals surface area contributed by atoms with E-state index in [1.807, 2.05) is 6.07 Å². The van der Waals surface area contributed by atoms with E-state index in [4.69, 9.17) is 34.8 Å². The van der Waals surface area contributed by atoms with Gasteiger partial charge >= 0.3 is 0 Å². The van der Waals surface area contributed by atoms with E-state index in [0.29, 0.717) is 41.5 Å². The number of nitrogens with one attached hydrogen (secondary N) is 1. The van der Waals surface area contributed by atoms with E-state index in [-0.39, 0.29) is 33.6 Å². The standard InChI is InChI=1S/C24H25Cl3N2O4S/c1-34(32,33)18-7-8-21(19(26)13-18)28-23(30)15-4-2-5-16(10-15)24(31)29-9-3-6-14-11-17(25)12-20(27)22(14)29/h7-8,11-13,15-16H,2-6,9-10H2,1H3,(H,28,30). The second-order valence-corrected chi connectivity index (χ2v) is 12.2. The van der Waals surface area contributed by atoms with Gasteiger partial charge in [-0.25, -0.2) is 8.42 Å². The van der Waals surface area contributed by atoms with E-state index in [0.717, 1.165) is 36.8 Å². The van der Waals surface area contributed by atoms with E-state index in [2.05, 4.69) is 5.32 Å². The number of halogens is 3. The highest BCUT2D eigenvalue weighted by molar-refractivity contribution is 7.90. The molecule has 0 spiro atoms. The average Bonchev–Trinajstić information content (AvgIpc) is 2.78. The van der Waals surface area contributed by atoms with Crippen LogP contribution in [0.2, 0.25) is 15.1 Å². The summed E-state index contributed by atoms with van der Waals surface area (Å²) in [6.45, 7) is 0.586. The number of aryl methyl sites for hydroxylation is 1. The maximum absolute atomic E-state index is 13.5. The summed E-state index contributed by atoms with van der Waals surface area (Å²) in [7, 11) is -3.40. The summed E-state index contributed by atoms with van der Waals surface area (Å²) < 4.78 is 23.4. The Kier molecular flexibility index (Phi) is 7.48. The highest BCUT2D eigenvalue weighted by Crippen LogP contribution is 2.40. The molecule has 0 aromatic heterocycles. The third-order valence-corrected chi connectivity index (χ3v) is 8.42. The molecule has 0 radical (unpaired) electrons. The van der Waals surface area contributed by atoms with Gasteiger partial charge < -0.3 is 10.2 Å². The van der Waals surface area contributed by atoms with Gasteiger partial charge in [-0.3, -0.25) is 9.59 Å². The Hall–Kier alpha value is -1.80. The van der Waals surface area contributed by atoms with Crippen LogP contribution in [0.3, 0.4) is 0 Å². The summed E-state index contributed by atoms with van der Waals surface area (Å²) in [5.74, 6) is -0.878. The second-order valence-electron chi connectivity index (χ2n) is 8.95. The van der Waals surface area contributed by atoms with Gasteiger partial charge in [0.1, 0.15) is 0 Å². The van der Waals surface area contributed by atoms with Crippen molar-refractivity contribution in [2.45, 2.75) is 43.4 Å². The van der Waals surface area contributed by atoms with Crippen molar-refractivity contribution in [3.05, 3.63) is 51.0 Å². The van der Waals surface area contributed by atoms with E-state index in [1.54, 1.807) is 11.0 Å². The van der Waals surface area contributed by atoms with Crippen molar-refractivity contribution in [3.8, 4) is 0 Å². The lowest BCUT2D eigenvalue weighted by molar-refractivity contribution is -0.126. The summed E-state index contributed by atoms with van der Waals surface area (Å²) >= 11 is 18.8. The minimum Gasteiger partial charge on any atom is -0.325 e. The molecule has 2 unspecified atom stereocenters. The van der Waals surface area contributed by atoms with Crippen molar-refractivity contribution in [1.29, 1.82) is 0 Å². The first kappa shape index (κ1) is 25.3. The molecule has 182 valence electrons. The lowest BCUT2D eigenvalue weighted by Gasteiger charge is -2.35. The highest BCUT2D eigenvalue weighted by atomic mass is 35.5. The van der Waals surface area contributed by atoms with E-state index in [9.17, 15) is 18.0 Å². The summed E-state index contributed by atoms with van der Waals surface area (Å²) in [6.07, 6.45) is 5.30. The number of rotatable bonds is 4. The van der Waals surface area contributed by atoms with Gasteiger partial charge in [0.25, 0.3) is 0 Å². The zero-order valence-corrected chi connectivity index (χ0v) is 21.7. The van der Waals surface area contributed by atoms with Gasteiger partial charge in [0.15, 0.2) is 9.84 Å². The Morgan fingerprint density at radius 1 is 1.00 bits per heavy atom. The number of carbonyl (C=O) groups is 2. The number of hydrogen-bond acceptors (Lipinski definition) is 4. The van der Waals surface area contributed by atoms with Gasteiger partial charge in [-0.1, -0.05) is 41.2 Å². The largest absolute Gasteiger partial charge is 0.325 e. The van der Waals surface area contributed by atoms with Gasteiger partial charge in [0.2, 0.25) is 11.8 Å². The molecule has 1 heterocycles. The molecule has 0 saturated heterocycles. The first-order chi connectivity index (χ1) is 16.0. The van der Waals surface area contributed by atoms with Crippen molar-refractivity contribution in [3.63, 3.8) is 0 Å². The molecule has 1 saturated carbocycles. The van der Waals surface area contributed by atoms with Crippen LogP contribution in [0.25, 0.3) is 0 Å². The van der Waals surface area contributed by atoms with Gasteiger partial charge in [-0.2, -0.15) is 0 Å². The maximum Gasteiger partial charge on any atom is 0.230 e. The number of hydrogen-bond donors (Lipinski definition) is 1. The summed E-state index contributed by atoms with van der Waals surface area (Å²) in [5.41, 5.74) is 2.04. The molecule has 2 aromatic rings.